The molecular formula is C21H28ClNO3. The maximum Gasteiger partial charge on any atom is 0.161 e. The van der Waals surface area contributed by atoms with Gasteiger partial charge >= 0.3 is 0 Å². The van der Waals surface area contributed by atoms with Crippen molar-refractivity contribution in [1.82, 2.24) is 5.32 Å². The number of fused-ring (bicyclic) bond motifs is 1. The number of halogens is 1. The summed E-state index contributed by atoms with van der Waals surface area (Å²) in [6, 6.07) is 10.9. The molecule has 0 radical (unpaired) electrons. The molecule has 0 spiro atoms. The van der Waals surface area contributed by atoms with Crippen LogP contribution in [0, 0.1) is 13.8 Å². The zero-order chi connectivity index (χ0) is 17.8. The fourth-order valence-corrected chi connectivity index (χ4v) is 3.53. The van der Waals surface area contributed by atoms with Gasteiger partial charge < -0.3 is 19.5 Å². The van der Waals surface area contributed by atoms with Crippen LogP contribution in [0.25, 0.3) is 0 Å². The lowest BCUT2D eigenvalue weighted by atomic mass is 10.1. The molecule has 0 unspecified atom stereocenters. The van der Waals surface area contributed by atoms with Gasteiger partial charge in [-0.2, -0.15) is 0 Å². The van der Waals surface area contributed by atoms with Crippen LogP contribution in [0.4, 0.5) is 0 Å². The summed E-state index contributed by atoms with van der Waals surface area (Å²) in [6.07, 6.45) is 2.03. The Morgan fingerprint density at radius 3 is 2.00 bits per heavy atom. The fourth-order valence-electron chi connectivity index (χ4n) is 3.53. The first-order valence-electron chi connectivity index (χ1n) is 8.78. The van der Waals surface area contributed by atoms with E-state index in [1.807, 2.05) is 0 Å². The van der Waals surface area contributed by atoms with Gasteiger partial charge in [-0.05, 0) is 61.1 Å². The number of hydrogen-bond acceptors (Lipinski definition) is 4. The van der Waals surface area contributed by atoms with Crippen molar-refractivity contribution < 1.29 is 14.2 Å². The smallest absolute Gasteiger partial charge is 0.161 e. The predicted molar refractivity (Wildman–Crippen MR) is 107 cm³/mol. The molecule has 142 valence electrons. The molecule has 0 fully saturated rings. The molecular weight excluding hydrogens is 350 g/mol. The summed E-state index contributed by atoms with van der Waals surface area (Å²) in [4.78, 5) is 0. The van der Waals surface area contributed by atoms with Gasteiger partial charge in [0.1, 0.15) is 12.4 Å². The maximum atomic E-state index is 5.98. The molecule has 1 aliphatic carbocycles. The van der Waals surface area contributed by atoms with Crippen LogP contribution in [0.1, 0.15) is 22.3 Å². The minimum Gasteiger partial charge on any atom is -0.493 e. The molecule has 0 saturated heterocycles. The lowest BCUT2D eigenvalue weighted by molar-refractivity contribution is 0.302. The molecule has 3 rings (SSSR count). The first-order chi connectivity index (χ1) is 12.1. The van der Waals surface area contributed by atoms with Gasteiger partial charge in [-0.15, -0.1) is 12.4 Å². The Labute approximate surface area is 162 Å². The SMILES string of the molecule is COc1cc2c(cc1OC)CC(NCCOc1c(C)cccc1C)C2.Cl. The van der Waals surface area contributed by atoms with E-state index in [0.29, 0.717) is 12.6 Å². The number of hydrogen-bond donors (Lipinski definition) is 1. The molecule has 1 aliphatic rings. The van der Waals surface area contributed by atoms with Crippen molar-refractivity contribution in [3.8, 4) is 17.2 Å². The van der Waals surface area contributed by atoms with E-state index in [-0.39, 0.29) is 12.4 Å². The van der Waals surface area contributed by atoms with Gasteiger partial charge in [0, 0.05) is 12.6 Å². The average molecular weight is 378 g/mol. The third-order valence-electron chi connectivity index (χ3n) is 4.83. The topological polar surface area (TPSA) is 39.7 Å². The van der Waals surface area contributed by atoms with Crippen molar-refractivity contribution >= 4 is 12.4 Å². The van der Waals surface area contributed by atoms with Crippen LogP contribution in [-0.4, -0.2) is 33.4 Å². The number of methoxy groups -OCH3 is 2. The molecule has 0 bridgehead atoms. The summed E-state index contributed by atoms with van der Waals surface area (Å²) in [6.45, 7) is 5.68. The highest BCUT2D eigenvalue weighted by Gasteiger charge is 2.23. The van der Waals surface area contributed by atoms with Crippen LogP contribution in [0.3, 0.4) is 0 Å². The van der Waals surface area contributed by atoms with E-state index < -0.39 is 0 Å². The molecule has 0 atom stereocenters. The van der Waals surface area contributed by atoms with Gasteiger partial charge in [0.25, 0.3) is 0 Å². The monoisotopic (exact) mass is 377 g/mol. The van der Waals surface area contributed by atoms with Gasteiger partial charge in [-0.1, -0.05) is 18.2 Å². The molecule has 0 amide bonds. The molecule has 5 heteroatoms. The molecule has 0 aromatic heterocycles. The number of ether oxygens (including phenoxy) is 3. The number of para-hydroxylation sites is 1. The van der Waals surface area contributed by atoms with Gasteiger partial charge in [-0.3, -0.25) is 0 Å². The highest BCUT2D eigenvalue weighted by atomic mass is 35.5. The lowest BCUT2D eigenvalue weighted by Crippen LogP contribution is -2.33. The van der Waals surface area contributed by atoms with Crippen LogP contribution in [0.15, 0.2) is 30.3 Å². The van der Waals surface area contributed by atoms with Crippen molar-refractivity contribution in [3.05, 3.63) is 52.6 Å². The average Bonchev–Trinajstić information content (AvgIpc) is 3.00. The Kier molecular flexibility index (Phi) is 7.18. The Balaban J connectivity index is 0.00000243. The van der Waals surface area contributed by atoms with E-state index in [1.165, 1.54) is 22.3 Å². The van der Waals surface area contributed by atoms with Crippen LogP contribution in [0.2, 0.25) is 0 Å². The lowest BCUT2D eigenvalue weighted by Gasteiger charge is -2.15. The van der Waals surface area contributed by atoms with E-state index in [4.69, 9.17) is 14.2 Å². The van der Waals surface area contributed by atoms with Crippen LogP contribution >= 0.6 is 12.4 Å². The second-order valence-electron chi connectivity index (χ2n) is 6.60. The molecule has 0 saturated carbocycles. The van der Waals surface area contributed by atoms with E-state index in [9.17, 15) is 0 Å². The molecule has 2 aromatic carbocycles. The zero-order valence-electron chi connectivity index (χ0n) is 15.9. The summed E-state index contributed by atoms with van der Waals surface area (Å²) < 4.78 is 16.8. The summed E-state index contributed by atoms with van der Waals surface area (Å²) in [7, 11) is 3.36. The van der Waals surface area contributed by atoms with Gasteiger partial charge in [0.2, 0.25) is 0 Å². The van der Waals surface area contributed by atoms with Crippen LogP contribution < -0.4 is 19.5 Å². The Morgan fingerprint density at radius 1 is 0.962 bits per heavy atom. The van der Waals surface area contributed by atoms with Crippen LogP contribution in [-0.2, 0) is 12.8 Å². The van der Waals surface area contributed by atoms with Crippen molar-refractivity contribution in [2.75, 3.05) is 27.4 Å². The normalized spacial score (nSPS) is 13.1. The highest BCUT2D eigenvalue weighted by Crippen LogP contribution is 2.34. The highest BCUT2D eigenvalue weighted by molar-refractivity contribution is 5.85. The van der Waals surface area contributed by atoms with E-state index in [0.717, 1.165) is 36.6 Å². The summed E-state index contributed by atoms with van der Waals surface area (Å²) >= 11 is 0. The van der Waals surface area contributed by atoms with Gasteiger partial charge in [0.15, 0.2) is 11.5 Å². The second-order valence-corrected chi connectivity index (χ2v) is 6.60. The van der Waals surface area contributed by atoms with Crippen molar-refractivity contribution in [3.63, 3.8) is 0 Å². The third-order valence-corrected chi connectivity index (χ3v) is 4.83. The first kappa shape index (κ1) is 20.4. The largest absolute Gasteiger partial charge is 0.493 e. The second kappa shape index (κ2) is 9.15. The molecule has 2 aromatic rings. The first-order valence-corrected chi connectivity index (χ1v) is 8.78. The minimum absolute atomic E-state index is 0. The number of rotatable bonds is 7. The molecule has 1 N–H and O–H groups in total. The summed E-state index contributed by atoms with van der Waals surface area (Å²) in [5.41, 5.74) is 5.05. The number of nitrogens with one attached hydrogen (secondary N) is 1. The molecule has 0 aliphatic heterocycles. The molecule has 26 heavy (non-hydrogen) atoms. The quantitative estimate of drug-likeness (QED) is 0.743. The van der Waals surface area contributed by atoms with Gasteiger partial charge in [0.05, 0.1) is 14.2 Å². The van der Waals surface area contributed by atoms with Crippen molar-refractivity contribution in [2.45, 2.75) is 32.7 Å². The zero-order valence-corrected chi connectivity index (χ0v) is 16.7. The predicted octanol–water partition coefficient (Wildman–Crippen LogP) is 3.88. The Bertz CT molecular complexity index is 695. The third kappa shape index (κ3) is 4.43. The van der Waals surface area contributed by atoms with Gasteiger partial charge in [-0.25, -0.2) is 0 Å². The Morgan fingerprint density at radius 2 is 1.50 bits per heavy atom. The Hall–Kier alpha value is -1.91. The fraction of sp³-hybridized carbons (Fsp3) is 0.429. The van der Waals surface area contributed by atoms with Crippen molar-refractivity contribution in [1.29, 1.82) is 0 Å². The van der Waals surface area contributed by atoms with E-state index in [2.05, 4.69) is 49.5 Å². The number of benzene rings is 2. The number of aryl methyl sites for hydroxylation is 2. The molecule has 4 nitrogen and oxygen atoms in total. The van der Waals surface area contributed by atoms with E-state index in [1.54, 1.807) is 14.2 Å². The molecule has 0 heterocycles. The minimum atomic E-state index is 0. The van der Waals surface area contributed by atoms with Crippen molar-refractivity contribution in [2.24, 2.45) is 0 Å². The summed E-state index contributed by atoms with van der Waals surface area (Å²) in [5.74, 6) is 2.62. The summed E-state index contributed by atoms with van der Waals surface area (Å²) in [5, 5.41) is 3.61. The standard InChI is InChI=1S/C21H27NO3.ClH/c1-14-6-5-7-15(2)21(14)25-9-8-22-18-10-16-12-19(23-3)20(24-4)13-17(16)11-18;/h5-7,12-13,18,22H,8-11H2,1-4H3;1H. The van der Waals surface area contributed by atoms with Crippen LogP contribution in [0.5, 0.6) is 17.2 Å². The maximum absolute atomic E-state index is 5.98. The van der Waals surface area contributed by atoms with E-state index >= 15 is 0 Å².